The van der Waals surface area contributed by atoms with Gasteiger partial charge in [0.1, 0.15) is 23.9 Å². The van der Waals surface area contributed by atoms with E-state index in [0.717, 1.165) is 5.56 Å². The molecule has 0 aliphatic rings. The van der Waals surface area contributed by atoms with Crippen molar-refractivity contribution >= 4 is 12.0 Å². The predicted molar refractivity (Wildman–Crippen MR) is 95.8 cm³/mol. The zero-order valence-electron chi connectivity index (χ0n) is 13.9. The number of ether oxygens (including phenoxy) is 1. The Hall–Kier alpha value is -3.55. The zero-order valence-corrected chi connectivity index (χ0v) is 13.9. The van der Waals surface area contributed by atoms with Crippen molar-refractivity contribution in [2.75, 3.05) is 5.43 Å². The molecule has 0 spiro atoms. The average Bonchev–Trinajstić information content (AvgIpc) is 2.64. The van der Waals surface area contributed by atoms with Gasteiger partial charge in [-0.3, -0.25) is 5.43 Å². The monoisotopic (exact) mass is 353 g/mol. The van der Waals surface area contributed by atoms with Crippen molar-refractivity contribution < 1.29 is 9.13 Å². The molecule has 8 heteroatoms. The highest BCUT2D eigenvalue weighted by Gasteiger charge is 2.03. The van der Waals surface area contributed by atoms with Gasteiger partial charge < -0.3 is 4.74 Å². The lowest BCUT2D eigenvalue weighted by Crippen LogP contribution is -2.15. The van der Waals surface area contributed by atoms with E-state index in [1.165, 1.54) is 6.07 Å². The van der Waals surface area contributed by atoms with Crippen LogP contribution in [0.3, 0.4) is 0 Å². The summed E-state index contributed by atoms with van der Waals surface area (Å²) in [5.74, 6) is 0.560. The molecular weight excluding hydrogens is 337 g/mol. The Bertz CT molecular complexity index is 987. The van der Waals surface area contributed by atoms with Gasteiger partial charge >= 0.3 is 5.69 Å². The summed E-state index contributed by atoms with van der Waals surface area (Å²) in [6.07, 6.45) is 1.55. The molecule has 3 rings (SSSR count). The third-order valence-electron chi connectivity index (χ3n) is 3.47. The van der Waals surface area contributed by atoms with Crippen molar-refractivity contribution in [1.82, 2.24) is 15.2 Å². The van der Waals surface area contributed by atoms with E-state index in [0.29, 0.717) is 17.0 Å². The number of hydrogen-bond donors (Lipinski definition) is 2. The SMILES string of the molecule is Cc1n[nH]c(=O)nc1N/N=C/c1cccc(OCc2ccccc2F)c1. The third-order valence-corrected chi connectivity index (χ3v) is 3.47. The number of halogens is 1. The first-order valence-corrected chi connectivity index (χ1v) is 7.80. The molecule has 0 unspecified atom stereocenters. The van der Waals surface area contributed by atoms with Gasteiger partial charge in [0.25, 0.3) is 0 Å². The number of nitrogens with one attached hydrogen (secondary N) is 2. The van der Waals surface area contributed by atoms with Crippen LogP contribution in [0.2, 0.25) is 0 Å². The van der Waals surface area contributed by atoms with Crippen molar-refractivity contribution in [3.8, 4) is 5.75 Å². The zero-order chi connectivity index (χ0) is 18.4. The number of hydrazone groups is 1. The molecule has 0 saturated heterocycles. The first-order valence-electron chi connectivity index (χ1n) is 7.80. The van der Waals surface area contributed by atoms with E-state index >= 15 is 0 Å². The summed E-state index contributed by atoms with van der Waals surface area (Å²) < 4.78 is 19.2. The van der Waals surface area contributed by atoms with Crippen LogP contribution < -0.4 is 15.9 Å². The number of aromatic amines is 1. The molecular formula is C18H16FN5O2. The van der Waals surface area contributed by atoms with Crippen LogP contribution in [0.25, 0.3) is 0 Å². The number of rotatable bonds is 6. The van der Waals surface area contributed by atoms with Crippen LogP contribution in [0.1, 0.15) is 16.8 Å². The summed E-state index contributed by atoms with van der Waals surface area (Å²) in [7, 11) is 0. The summed E-state index contributed by atoms with van der Waals surface area (Å²) in [6, 6.07) is 13.6. The molecule has 0 saturated carbocycles. The smallest absolute Gasteiger partial charge is 0.363 e. The van der Waals surface area contributed by atoms with E-state index in [2.05, 4.69) is 25.7 Å². The molecule has 0 fully saturated rings. The van der Waals surface area contributed by atoms with Crippen molar-refractivity contribution in [2.24, 2.45) is 5.10 Å². The molecule has 7 nitrogen and oxygen atoms in total. The van der Waals surface area contributed by atoms with Gasteiger partial charge in [0.05, 0.1) is 6.21 Å². The van der Waals surface area contributed by atoms with E-state index in [1.807, 2.05) is 6.07 Å². The Kier molecular flexibility index (Phi) is 5.33. The maximum absolute atomic E-state index is 13.6. The lowest BCUT2D eigenvalue weighted by atomic mass is 10.2. The highest BCUT2D eigenvalue weighted by molar-refractivity contribution is 5.80. The molecule has 1 aromatic heterocycles. The maximum Gasteiger partial charge on any atom is 0.363 e. The number of H-pyrrole nitrogens is 1. The van der Waals surface area contributed by atoms with Gasteiger partial charge in [-0.15, -0.1) is 0 Å². The maximum atomic E-state index is 13.6. The van der Waals surface area contributed by atoms with E-state index in [4.69, 9.17) is 4.74 Å². The Labute approximate surface area is 148 Å². The van der Waals surface area contributed by atoms with Crippen LogP contribution in [0, 0.1) is 12.7 Å². The Balaban J connectivity index is 1.64. The van der Waals surface area contributed by atoms with E-state index < -0.39 is 5.69 Å². The van der Waals surface area contributed by atoms with Crippen LogP contribution in [-0.2, 0) is 6.61 Å². The van der Waals surface area contributed by atoms with Gasteiger partial charge in [-0.1, -0.05) is 30.3 Å². The third kappa shape index (κ3) is 4.50. The molecule has 2 aromatic carbocycles. The largest absolute Gasteiger partial charge is 0.489 e. The van der Waals surface area contributed by atoms with Crippen molar-refractivity contribution in [3.63, 3.8) is 0 Å². The van der Waals surface area contributed by atoms with Gasteiger partial charge in [-0.05, 0) is 30.7 Å². The van der Waals surface area contributed by atoms with Crippen molar-refractivity contribution in [1.29, 1.82) is 0 Å². The van der Waals surface area contributed by atoms with Crippen LogP contribution in [0.15, 0.2) is 58.4 Å². The highest BCUT2D eigenvalue weighted by atomic mass is 19.1. The summed E-state index contributed by atoms with van der Waals surface area (Å²) in [4.78, 5) is 14.9. The van der Waals surface area contributed by atoms with Crippen LogP contribution in [-0.4, -0.2) is 21.4 Å². The second kappa shape index (κ2) is 8.02. The molecule has 0 amide bonds. The fraction of sp³-hybridized carbons (Fsp3) is 0.111. The summed E-state index contributed by atoms with van der Waals surface area (Å²) in [6.45, 7) is 1.82. The lowest BCUT2D eigenvalue weighted by Gasteiger charge is -2.07. The predicted octanol–water partition coefficient (Wildman–Crippen LogP) is 2.64. The molecule has 2 N–H and O–H groups in total. The van der Waals surface area contributed by atoms with Gasteiger partial charge in [0.2, 0.25) is 0 Å². The topological polar surface area (TPSA) is 92.3 Å². The van der Waals surface area contributed by atoms with Crippen molar-refractivity contribution in [3.05, 3.63) is 81.7 Å². The fourth-order valence-electron chi connectivity index (χ4n) is 2.13. The summed E-state index contributed by atoms with van der Waals surface area (Å²) in [5.41, 5.74) is 3.88. The minimum Gasteiger partial charge on any atom is -0.489 e. The molecule has 0 bridgehead atoms. The first-order chi connectivity index (χ1) is 12.6. The van der Waals surface area contributed by atoms with Gasteiger partial charge in [0.15, 0.2) is 5.82 Å². The molecule has 1 heterocycles. The Morgan fingerprint density at radius 2 is 2.12 bits per heavy atom. The molecule has 0 aliphatic carbocycles. The molecule has 132 valence electrons. The number of anilines is 1. The van der Waals surface area contributed by atoms with Gasteiger partial charge in [-0.2, -0.15) is 15.2 Å². The van der Waals surface area contributed by atoms with Crippen LogP contribution >= 0.6 is 0 Å². The highest BCUT2D eigenvalue weighted by Crippen LogP contribution is 2.15. The summed E-state index contributed by atoms with van der Waals surface area (Å²) >= 11 is 0. The molecule has 3 aromatic rings. The van der Waals surface area contributed by atoms with Crippen LogP contribution in [0.4, 0.5) is 10.2 Å². The second-order valence-corrected chi connectivity index (χ2v) is 5.40. The normalized spacial score (nSPS) is 10.8. The minimum atomic E-state index is -0.558. The number of aryl methyl sites for hydroxylation is 1. The Morgan fingerprint density at radius 3 is 2.96 bits per heavy atom. The van der Waals surface area contributed by atoms with E-state index in [1.54, 1.807) is 49.5 Å². The summed E-state index contributed by atoms with van der Waals surface area (Å²) in [5, 5.41) is 10.1. The number of nitrogens with zero attached hydrogens (tertiary/aromatic N) is 3. The standard InChI is InChI=1S/C18H16FN5O2/c1-12-17(21-18(25)24-22-12)23-20-10-13-5-4-7-15(9-13)26-11-14-6-2-3-8-16(14)19/h2-10H,11H2,1H3,(H2,21,23,24,25)/b20-10+. The van der Waals surface area contributed by atoms with Crippen LogP contribution in [0.5, 0.6) is 5.75 Å². The average molecular weight is 353 g/mol. The number of aromatic nitrogens is 3. The van der Waals surface area contributed by atoms with E-state index in [-0.39, 0.29) is 18.2 Å². The quantitative estimate of drug-likeness (QED) is 0.525. The molecule has 0 aliphatic heterocycles. The van der Waals surface area contributed by atoms with Crippen molar-refractivity contribution in [2.45, 2.75) is 13.5 Å². The second-order valence-electron chi connectivity index (χ2n) is 5.40. The van der Waals surface area contributed by atoms with Gasteiger partial charge in [0, 0.05) is 5.56 Å². The molecule has 26 heavy (non-hydrogen) atoms. The molecule has 0 radical (unpaired) electrons. The van der Waals surface area contributed by atoms with E-state index in [9.17, 15) is 9.18 Å². The fourth-order valence-corrected chi connectivity index (χ4v) is 2.13. The minimum absolute atomic E-state index is 0.132. The number of benzene rings is 2. The first kappa shape index (κ1) is 17.3. The Morgan fingerprint density at radius 1 is 1.27 bits per heavy atom. The van der Waals surface area contributed by atoms with Gasteiger partial charge in [-0.25, -0.2) is 14.3 Å². The number of hydrogen-bond acceptors (Lipinski definition) is 6. The lowest BCUT2D eigenvalue weighted by molar-refractivity contribution is 0.300. The molecule has 0 atom stereocenters.